The van der Waals surface area contributed by atoms with Crippen LogP contribution in [0, 0.1) is 6.92 Å². The van der Waals surface area contributed by atoms with E-state index in [-0.39, 0.29) is 6.04 Å². The van der Waals surface area contributed by atoms with E-state index in [0.29, 0.717) is 30.7 Å². The van der Waals surface area contributed by atoms with Gasteiger partial charge in [0.2, 0.25) is 5.89 Å². The molecule has 3 rings (SSSR count). The molecule has 1 aromatic carbocycles. The van der Waals surface area contributed by atoms with E-state index in [2.05, 4.69) is 15.5 Å². The first-order valence-corrected chi connectivity index (χ1v) is 7.41. The molecule has 23 heavy (non-hydrogen) atoms. The minimum Gasteiger partial charge on any atom is -0.408 e. The van der Waals surface area contributed by atoms with Gasteiger partial charge in [-0.25, -0.2) is 0 Å². The van der Waals surface area contributed by atoms with Crippen LogP contribution in [-0.2, 0) is 6.18 Å². The largest absolute Gasteiger partial charge is 0.416 e. The second kappa shape index (κ2) is 6.10. The Morgan fingerprint density at radius 2 is 1.96 bits per heavy atom. The fraction of sp³-hybridized carbons (Fsp3) is 0.467. The summed E-state index contributed by atoms with van der Waals surface area (Å²) in [5, 5.41) is 10.8. The molecule has 0 bridgehead atoms. The van der Waals surface area contributed by atoms with Crippen LogP contribution >= 0.6 is 0 Å². The molecule has 8 heteroatoms. The van der Waals surface area contributed by atoms with E-state index in [1.54, 1.807) is 13.0 Å². The van der Waals surface area contributed by atoms with Crippen molar-refractivity contribution in [3.63, 3.8) is 0 Å². The van der Waals surface area contributed by atoms with Crippen LogP contribution in [0.3, 0.4) is 0 Å². The van der Waals surface area contributed by atoms with E-state index in [4.69, 9.17) is 4.42 Å². The highest BCUT2D eigenvalue weighted by Crippen LogP contribution is 2.32. The summed E-state index contributed by atoms with van der Waals surface area (Å²) in [4.78, 5) is 1.96. The van der Waals surface area contributed by atoms with Crippen molar-refractivity contribution in [1.82, 2.24) is 10.2 Å². The van der Waals surface area contributed by atoms with Crippen LogP contribution in [0.2, 0.25) is 0 Å². The fourth-order valence-corrected chi connectivity index (χ4v) is 2.69. The lowest BCUT2D eigenvalue weighted by Gasteiger charge is -2.33. The number of halogens is 3. The molecule has 0 amide bonds. The summed E-state index contributed by atoms with van der Waals surface area (Å²) in [5.41, 5.74) is -0.0107. The van der Waals surface area contributed by atoms with E-state index < -0.39 is 11.7 Å². The zero-order valence-corrected chi connectivity index (χ0v) is 12.6. The third kappa shape index (κ3) is 3.75. The molecule has 2 heterocycles. The van der Waals surface area contributed by atoms with Gasteiger partial charge in [0.1, 0.15) is 0 Å². The third-order valence-electron chi connectivity index (χ3n) is 3.89. The maximum absolute atomic E-state index is 12.8. The number of anilines is 2. The Kier molecular flexibility index (Phi) is 4.14. The molecule has 5 nitrogen and oxygen atoms in total. The summed E-state index contributed by atoms with van der Waals surface area (Å²) in [5.74, 6) is 0.494. The van der Waals surface area contributed by atoms with Gasteiger partial charge in [-0.2, -0.15) is 13.2 Å². The molecule has 2 aromatic rings. The molecule has 0 spiro atoms. The second-order valence-corrected chi connectivity index (χ2v) is 5.58. The van der Waals surface area contributed by atoms with E-state index >= 15 is 0 Å². The standard InChI is InChI=1S/C15H17F3N4O/c1-10-20-21-14(23-10)19-12-5-7-22(8-6-12)13-4-2-3-11(9-13)15(16,17)18/h2-4,9,12H,5-8H2,1H3,(H,19,21). The van der Waals surface area contributed by atoms with Gasteiger partial charge in [-0.15, -0.1) is 5.10 Å². The SMILES string of the molecule is Cc1nnc(NC2CCN(c3cccc(C(F)(F)F)c3)CC2)o1. The molecule has 1 aliphatic rings. The maximum Gasteiger partial charge on any atom is 0.416 e. The molecule has 124 valence electrons. The zero-order chi connectivity index (χ0) is 16.4. The number of aromatic nitrogens is 2. The molecule has 0 unspecified atom stereocenters. The van der Waals surface area contributed by atoms with E-state index in [1.807, 2.05) is 4.90 Å². The van der Waals surface area contributed by atoms with Crippen LogP contribution in [0.5, 0.6) is 0 Å². The highest BCUT2D eigenvalue weighted by atomic mass is 19.4. The first kappa shape index (κ1) is 15.6. The van der Waals surface area contributed by atoms with Crippen molar-refractivity contribution in [2.45, 2.75) is 32.0 Å². The summed E-state index contributed by atoms with van der Waals surface area (Å²) < 4.78 is 43.6. The van der Waals surface area contributed by atoms with E-state index in [9.17, 15) is 13.2 Å². The second-order valence-electron chi connectivity index (χ2n) is 5.58. The lowest BCUT2D eigenvalue weighted by Crippen LogP contribution is -2.39. The van der Waals surface area contributed by atoms with Crippen molar-refractivity contribution in [3.05, 3.63) is 35.7 Å². The molecule has 0 saturated carbocycles. The molecule has 1 fully saturated rings. The van der Waals surface area contributed by atoms with Crippen LogP contribution < -0.4 is 10.2 Å². The Morgan fingerprint density at radius 1 is 1.22 bits per heavy atom. The van der Waals surface area contributed by atoms with Gasteiger partial charge in [0, 0.05) is 31.7 Å². The molecule has 0 aliphatic carbocycles. The van der Waals surface area contributed by atoms with Crippen LogP contribution in [0.1, 0.15) is 24.3 Å². The average Bonchev–Trinajstić information content (AvgIpc) is 2.92. The smallest absolute Gasteiger partial charge is 0.408 e. The molecule has 1 aromatic heterocycles. The van der Waals surface area contributed by atoms with Crippen molar-refractivity contribution in [2.24, 2.45) is 0 Å². The number of piperidine rings is 1. The summed E-state index contributed by atoms with van der Waals surface area (Å²) in [6, 6.07) is 6.02. The Balaban J connectivity index is 1.60. The first-order valence-electron chi connectivity index (χ1n) is 7.41. The number of aryl methyl sites for hydroxylation is 1. The first-order chi connectivity index (χ1) is 10.9. The number of alkyl halides is 3. The molecule has 1 saturated heterocycles. The molecule has 0 atom stereocenters. The highest BCUT2D eigenvalue weighted by molar-refractivity contribution is 5.49. The fourth-order valence-electron chi connectivity index (χ4n) is 2.69. The summed E-state index contributed by atoms with van der Waals surface area (Å²) in [6.45, 7) is 3.06. The van der Waals surface area contributed by atoms with Gasteiger partial charge >= 0.3 is 12.2 Å². The van der Waals surface area contributed by atoms with Crippen molar-refractivity contribution < 1.29 is 17.6 Å². The molecule has 1 N–H and O–H groups in total. The van der Waals surface area contributed by atoms with Crippen molar-refractivity contribution in [1.29, 1.82) is 0 Å². The highest BCUT2D eigenvalue weighted by Gasteiger charge is 2.31. The normalized spacial score (nSPS) is 16.6. The predicted octanol–water partition coefficient (Wildman–Crippen LogP) is 3.48. The lowest BCUT2D eigenvalue weighted by atomic mass is 10.0. The molecular formula is C15H17F3N4O. The number of benzene rings is 1. The lowest BCUT2D eigenvalue weighted by molar-refractivity contribution is -0.137. The topological polar surface area (TPSA) is 54.2 Å². The summed E-state index contributed by atoms with van der Waals surface area (Å²) in [6.07, 6.45) is -2.74. The van der Waals surface area contributed by atoms with Gasteiger partial charge < -0.3 is 14.6 Å². The van der Waals surface area contributed by atoms with Gasteiger partial charge in [-0.05, 0) is 31.0 Å². The Labute approximate surface area is 131 Å². The van der Waals surface area contributed by atoms with Crippen molar-refractivity contribution in [2.75, 3.05) is 23.3 Å². The predicted molar refractivity (Wildman–Crippen MR) is 79.3 cm³/mol. The molecule has 0 radical (unpaired) electrons. The number of nitrogens with zero attached hydrogens (tertiary/aromatic N) is 3. The minimum absolute atomic E-state index is 0.178. The van der Waals surface area contributed by atoms with E-state index in [1.165, 1.54) is 12.1 Å². The summed E-state index contributed by atoms with van der Waals surface area (Å²) >= 11 is 0. The number of nitrogens with one attached hydrogen (secondary N) is 1. The quantitative estimate of drug-likeness (QED) is 0.936. The van der Waals surface area contributed by atoms with Gasteiger partial charge in [0.15, 0.2) is 0 Å². The Hall–Kier alpha value is -2.25. The van der Waals surface area contributed by atoms with Crippen LogP contribution in [0.15, 0.2) is 28.7 Å². The Bertz CT molecular complexity index is 663. The number of hydrogen-bond acceptors (Lipinski definition) is 5. The number of rotatable bonds is 3. The van der Waals surface area contributed by atoms with Gasteiger partial charge in [-0.3, -0.25) is 0 Å². The van der Waals surface area contributed by atoms with Gasteiger partial charge in [-0.1, -0.05) is 11.2 Å². The van der Waals surface area contributed by atoms with E-state index in [0.717, 1.165) is 18.9 Å². The maximum atomic E-state index is 12.8. The third-order valence-corrected chi connectivity index (χ3v) is 3.89. The summed E-state index contributed by atoms with van der Waals surface area (Å²) in [7, 11) is 0. The monoisotopic (exact) mass is 326 g/mol. The van der Waals surface area contributed by atoms with Gasteiger partial charge in [0.25, 0.3) is 0 Å². The van der Waals surface area contributed by atoms with Crippen LogP contribution in [-0.4, -0.2) is 29.3 Å². The van der Waals surface area contributed by atoms with Crippen LogP contribution in [0.25, 0.3) is 0 Å². The molecular weight excluding hydrogens is 309 g/mol. The molecule has 1 aliphatic heterocycles. The average molecular weight is 326 g/mol. The minimum atomic E-state index is -4.31. The Morgan fingerprint density at radius 3 is 2.57 bits per heavy atom. The van der Waals surface area contributed by atoms with Gasteiger partial charge in [0.05, 0.1) is 5.56 Å². The van der Waals surface area contributed by atoms with Crippen molar-refractivity contribution in [3.8, 4) is 0 Å². The number of hydrogen-bond donors (Lipinski definition) is 1. The van der Waals surface area contributed by atoms with Crippen molar-refractivity contribution >= 4 is 11.7 Å². The van der Waals surface area contributed by atoms with Crippen LogP contribution in [0.4, 0.5) is 24.9 Å². The zero-order valence-electron chi connectivity index (χ0n) is 12.6.